The second-order valence-electron chi connectivity index (χ2n) is 8.57. The lowest BCUT2D eigenvalue weighted by Gasteiger charge is -2.56. The fourth-order valence-electron chi connectivity index (χ4n) is 5.97. The third-order valence-corrected chi connectivity index (χ3v) is 7.14. The zero-order chi connectivity index (χ0) is 18.6. The largest absolute Gasteiger partial charge is 0.305 e. The van der Waals surface area contributed by atoms with Crippen LogP contribution in [0, 0.1) is 17.8 Å². The van der Waals surface area contributed by atoms with Crippen molar-refractivity contribution in [2.24, 2.45) is 17.8 Å². The van der Waals surface area contributed by atoms with Crippen LogP contribution >= 0.6 is 23.2 Å². The highest BCUT2D eigenvalue weighted by Crippen LogP contribution is 2.60. The molecule has 6 heteroatoms. The van der Waals surface area contributed by atoms with Crippen LogP contribution in [0.3, 0.4) is 0 Å². The van der Waals surface area contributed by atoms with Crippen LogP contribution in [0.4, 0.5) is 5.82 Å². The SMILES string of the molecule is O=C(Nc1ncc(Cl)cc1Cl)c1ccnc(C23CC4CC(CC(C4)C2)C3)c1. The lowest BCUT2D eigenvalue weighted by molar-refractivity contribution is -0.00721. The number of aromatic nitrogens is 2. The number of amides is 1. The summed E-state index contributed by atoms with van der Waals surface area (Å²) in [6.45, 7) is 0. The summed E-state index contributed by atoms with van der Waals surface area (Å²) in [6, 6.07) is 5.30. The summed E-state index contributed by atoms with van der Waals surface area (Å²) < 4.78 is 0. The summed E-state index contributed by atoms with van der Waals surface area (Å²) in [5.74, 6) is 2.62. The van der Waals surface area contributed by atoms with Gasteiger partial charge in [0.25, 0.3) is 5.91 Å². The Labute approximate surface area is 168 Å². The molecule has 2 aromatic rings. The lowest BCUT2D eigenvalue weighted by atomic mass is 9.48. The first-order valence-electron chi connectivity index (χ1n) is 9.60. The van der Waals surface area contributed by atoms with Gasteiger partial charge in [-0.05, 0) is 74.5 Å². The topological polar surface area (TPSA) is 54.9 Å². The first-order chi connectivity index (χ1) is 13.0. The second-order valence-corrected chi connectivity index (χ2v) is 9.41. The summed E-state index contributed by atoms with van der Waals surface area (Å²) in [5.41, 5.74) is 1.86. The smallest absolute Gasteiger partial charge is 0.256 e. The van der Waals surface area contributed by atoms with Gasteiger partial charge in [0.1, 0.15) is 0 Å². The molecule has 6 rings (SSSR count). The number of hydrogen-bond donors (Lipinski definition) is 1. The Kier molecular flexibility index (Phi) is 4.17. The van der Waals surface area contributed by atoms with Gasteiger partial charge in [0.15, 0.2) is 5.82 Å². The van der Waals surface area contributed by atoms with E-state index in [0.29, 0.717) is 21.4 Å². The molecule has 0 spiro atoms. The van der Waals surface area contributed by atoms with Crippen LogP contribution in [0.5, 0.6) is 0 Å². The van der Waals surface area contributed by atoms with Crippen LogP contribution < -0.4 is 5.32 Å². The van der Waals surface area contributed by atoms with E-state index in [1.807, 2.05) is 6.07 Å². The number of anilines is 1. The van der Waals surface area contributed by atoms with Crippen molar-refractivity contribution in [1.29, 1.82) is 0 Å². The third kappa shape index (κ3) is 3.13. The molecule has 1 amide bonds. The van der Waals surface area contributed by atoms with E-state index in [4.69, 9.17) is 28.2 Å². The van der Waals surface area contributed by atoms with Crippen molar-refractivity contribution < 1.29 is 4.79 Å². The Balaban J connectivity index is 1.41. The van der Waals surface area contributed by atoms with Crippen molar-refractivity contribution in [2.75, 3.05) is 5.32 Å². The number of hydrogen-bond acceptors (Lipinski definition) is 3. The van der Waals surface area contributed by atoms with Gasteiger partial charge in [-0.1, -0.05) is 23.2 Å². The van der Waals surface area contributed by atoms with E-state index in [1.165, 1.54) is 44.7 Å². The Hall–Kier alpha value is -1.65. The molecule has 2 aromatic heterocycles. The normalized spacial score (nSPS) is 31.1. The molecule has 4 aliphatic carbocycles. The van der Waals surface area contributed by atoms with Gasteiger partial charge in [-0.15, -0.1) is 0 Å². The molecular formula is C21H21Cl2N3O. The number of nitrogens with one attached hydrogen (secondary N) is 1. The quantitative estimate of drug-likeness (QED) is 0.737. The van der Waals surface area contributed by atoms with Gasteiger partial charge in [0.2, 0.25) is 0 Å². The van der Waals surface area contributed by atoms with E-state index in [-0.39, 0.29) is 11.3 Å². The van der Waals surface area contributed by atoms with Crippen LogP contribution in [0.15, 0.2) is 30.6 Å². The Bertz CT molecular complexity index is 879. The van der Waals surface area contributed by atoms with Gasteiger partial charge in [-0.3, -0.25) is 9.78 Å². The molecule has 0 atom stereocenters. The van der Waals surface area contributed by atoms with E-state index in [2.05, 4.69) is 10.3 Å². The minimum Gasteiger partial charge on any atom is -0.305 e. The van der Waals surface area contributed by atoms with Gasteiger partial charge in [0.05, 0.1) is 10.0 Å². The standard InChI is InChI=1S/C21H21Cl2N3O/c22-16-7-17(23)19(25-11-16)26-20(27)15-1-2-24-18(6-15)21-8-12-3-13(9-21)5-14(4-12)10-21/h1-2,6-7,11-14H,3-5,8-10H2,(H,25,26,27). The molecule has 1 N–H and O–H groups in total. The molecule has 27 heavy (non-hydrogen) atoms. The highest BCUT2D eigenvalue weighted by atomic mass is 35.5. The monoisotopic (exact) mass is 401 g/mol. The molecule has 4 nitrogen and oxygen atoms in total. The molecule has 0 radical (unpaired) electrons. The van der Waals surface area contributed by atoms with Crippen LogP contribution in [-0.2, 0) is 5.41 Å². The van der Waals surface area contributed by atoms with E-state index < -0.39 is 0 Å². The van der Waals surface area contributed by atoms with Gasteiger partial charge in [-0.2, -0.15) is 0 Å². The highest BCUT2D eigenvalue weighted by molar-refractivity contribution is 6.36. The van der Waals surface area contributed by atoms with Crippen molar-refractivity contribution in [2.45, 2.75) is 43.9 Å². The summed E-state index contributed by atoms with van der Waals surface area (Å²) in [6.07, 6.45) is 11.1. The molecule has 2 heterocycles. The van der Waals surface area contributed by atoms with Crippen molar-refractivity contribution in [3.63, 3.8) is 0 Å². The maximum Gasteiger partial charge on any atom is 0.256 e. The van der Waals surface area contributed by atoms with Gasteiger partial charge < -0.3 is 5.32 Å². The van der Waals surface area contributed by atoms with Crippen molar-refractivity contribution in [3.8, 4) is 0 Å². The molecule has 0 saturated heterocycles. The lowest BCUT2D eigenvalue weighted by Crippen LogP contribution is -2.49. The molecule has 4 aliphatic rings. The van der Waals surface area contributed by atoms with Crippen LogP contribution in [0.1, 0.15) is 54.6 Å². The number of halogens is 2. The molecule has 4 saturated carbocycles. The fraction of sp³-hybridized carbons (Fsp3) is 0.476. The second kappa shape index (κ2) is 6.46. The first kappa shape index (κ1) is 17.4. The zero-order valence-corrected chi connectivity index (χ0v) is 16.4. The van der Waals surface area contributed by atoms with E-state index >= 15 is 0 Å². The van der Waals surface area contributed by atoms with E-state index in [1.54, 1.807) is 18.3 Å². The third-order valence-electron chi connectivity index (χ3n) is 6.64. The van der Waals surface area contributed by atoms with Crippen molar-refractivity contribution >= 4 is 34.9 Å². The Morgan fingerprint density at radius 1 is 1.04 bits per heavy atom. The van der Waals surface area contributed by atoms with Crippen LogP contribution in [0.25, 0.3) is 0 Å². The maximum absolute atomic E-state index is 12.8. The van der Waals surface area contributed by atoms with Crippen molar-refractivity contribution in [3.05, 3.63) is 51.9 Å². The van der Waals surface area contributed by atoms with Gasteiger partial charge in [-0.25, -0.2) is 4.98 Å². The molecule has 4 fully saturated rings. The van der Waals surface area contributed by atoms with E-state index in [9.17, 15) is 4.79 Å². The number of pyridine rings is 2. The fourth-order valence-corrected chi connectivity index (χ4v) is 6.40. The molecule has 140 valence electrons. The Morgan fingerprint density at radius 3 is 2.33 bits per heavy atom. The van der Waals surface area contributed by atoms with Crippen molar-refractivity contribution in [1.82, 2.24) is 9.97 Å². The predicted molar refractivity (Wildman–Crippen MR) is 106 cm³/mol. The zero-order valence-electron chi connectivity index (χ0n) is 14.9. The molecular weight excluding hydrogens is 381 g/mol. The first-order valence-corrected chi connectivity index (χ1v) is 10.4. The Morgan fingerprint density at radius 2 is 1.70 bits per heavy atom. The minimum absolute atomic E-state index is 0.168. The van der Waals surface area contributed by atoms with Crippen LogP contribution in [-0.4, -0.2) is 15.9 Å². The van der Waals surface area contributed by atoms with E-state index in [0.717, 1.165) is 23.4 Å². The number of rotatable bonds is 3. The van der Waals surface area contributed by atoms with Crippen LogP contribution in [0.2, 0.25) is 10.0 Å². The number of nitrogens with zero attached hydrogens (tertiary/aromatic N) is 2. The summed E-state index contributed by atoms with van der Waals surface area (Å²) in [7, 11) is 0. The van der Waals surface area contributed by atoms with Gasteiger partial charge in [0, 0.05) is 29.1 Å². The predicted octanol–water partition coefficient (Wildman–Crippen LogP) is 5.50. The summed E-state index contributed by atoms with van der Waals surface area (Å²) in [5, 5.41) is 3.55. The molecule has 0 unspecified atom stereocenters. The molecule has 0 aromatic carbocycles. The number of carbonyl (C=O) groups is 1. The maximum atomic E-state index is 12.8. The average molecular weight is 402 g/mol. The average Bonchev–Trinajstić information content (AvgIpc) is 2.63. The molecule has 4 bridgehead atoms. The summed E-state index contributed by atoms with van der Waals surface area (Å²) >= 11 is 12.0. The summed E-state index contributed by atoms with van der Waals surface area (Å²) in [4.78, 5) is 21.6. The number of carbonyl (C=O) groups excluding carboxylic acids is 1. The van der Waals surface area contributed by atoms with Gasteiger partial charge >= 0.3 is 0 Å². The minimum atomic E-state index is -0.222. The highest BCUT2D eigenvalue weighted by Gasteiger charge is 2.52. The molecule has 0 aliphatic heterocycles.